The SMILES string of the molecule is COC(CN)CC(=O)NCCC(=O)N(C)Cc1ccccc1Br.Cl. The summed E-state index contributed by atoms with van der Waals surface area (Å²) in [4.78, 5) is 25.4. The van der Waals surface area contributed by atoms with Crippen molar-refractivity contribution in [2.45, 2.75) is 25.5 Å². The topological polar surface area (TPSA) is 84.7 Å². The smallest absolute Gasteiger partial charge is 0.224 e. The number of methoxy groups -OCH3 is 1. The summed E-state index contributed by atoms with van der Waals surface area (Å²) in [5, 5.41) is 2.71. The number of nitrogens with zero attached hydrogens (tertiary/aromatic N) is 1. The lowest BCUT2D eigenvalue weighted by molar-refractivity contribution is -0.130. The highest BCUT2D eigenvalue weighted by molar-refractivity contribution is 9.10. The predicted octanol–water partition coefficient (Wildman–Crippen LogP) is 1.70. The van der Waals surface area contributed by atoms with Gasteiger partial charge < -0.3 is 20.7 Å². The Labute approximate surface area is 157 Å². The first-order valence-electron chi connectivity index (χ1n) is 7.44. The Morgan fingerprint density at radius 2 is 2.04 bits per heavy atom. The molecule has 0 saturated heterocycles. The van der Waals surface area contributed by atoms with Crippen LogP contribution in [0.25, 0.3) is 0 Å². The number of ether oxygens (including phenoxy) is 1. The third-order valence-corrected chi connectivity index (χ3v) is 4.24. The predicted molar refractivity (Wildman–Crippen MR) is 100.0 cm³/mol. The highest BCUT2D eigenvalue weighted by Crippen LogP contribution is 2.17. The van der Waals surface area contributed by atoms with Gasteiger partial charge in [-0.25, -0.2) is 0 Å². The molecule has 0 aliphatic rings. The van der Waals surface area contributed by atoms with Gasteiger partial charge in [0, 0.05) is 44.7 Å². The Balaban J connectivity index is 0.00000529. The summed E-state index contributed by atoms with van der Waals surface area (Å²) in [6.45, 7) is 1.11. The van der Waals surface area contributed by atoms with E-state index >= 15 is 0 Å². The van der Waals surface area contributed by atoms with Gasteiger partial charge in [-0.1, -0.05) is 34.1 Å². The largest absolute Gasteiger partial charge is 0.380 e. The second kappa shape index (κ2) is 12.2. The van der Waals surface area contributed by atoms with Gasteiger partial charge in [0.25, 0.3) is 0 Å². The van der Waals surface area contributed by atoms with Crippen LogP contribution in [0.4, 0.5) is 0 Å². The van der Waals surface area contributed by atoms with E-state index in [9.17, 15) is 9.59 Å². The van der Waals surface area contributed by atoms with Crippen LogP contribution in [0.1, 0.15) is 18.4 Å². The number of halogens is 2. The fraction of sp³-hybridized carbons (Fsp3) is 0.500. The highest BCUT2D eigenvalue weighted by Gasteiger charge is 2.13. The first kappa shape index (κ1) is 22.9. The van der Waals surface area contributed by atoms with Crippen molar-refractivity contribution in [1.29, 1.82) is 0 Å². The molecule has 24 heavy (non-hydrogen) atoms. The van der Waals surface area contributed by atoms with E-state index in [0.717, 1.165) is 10.0 Å². The zero-order valence-electron chi connectivity index (χ0n) is 14.0. The fourth-order valence-electron chi connectivity index (χ4n) is 2.01. The van der Waals surface area contributed by atoms with Crippen LogP contribution in [0.3, 0.4) is 0 Å². The summed E-state index contributed by atoms with van der Waals surface area (Å²) < 4.78 is 6.02. The van der Waals surface area contributed by atoms with E-state index in [4.69, 9.17) is 10.5 Å². The molecule has 1 unspecified atom stereocenters. The van der Waals surface area contributed by atoms with Crippen LogP contribution in [0, 0.1) is 0 Å². The lowest BCUT2D eigenvalue weighted by Gasteiger charge is -2.18. The first-order valence-corrected chi connectivity index (χ1v) is 8.24. The molecule has 0 aromatic heterocycles. The normalized spacial score (nSPS) is 11.3. The number of carbonyl (C=O) groups is 2. The first-order chi connectivity index (χ1) is 11.0. The number of carbonyl (C=O) groups excluding carboxylic acids is 2. The summed E-state index contributed by atoms with van der Waals surface area (Å²) >= 11 is 3.47. The fourth-order valence-corrected chi connectivity index (χ4v) is 2.42. The van der Waals surface area contributed by atoms with Crippen LogP contribution in [0.15, 0.2) is 28.7 Å². The van der Waals surface area contributed by atoms with Crippen molar-refractivity contribution in [3.63, 3.8) is 0 Å². The summed E-state index contributed by atoms with van der Waals surface area (Å²) in [6.07, 6.45) is 0.171. The molecular formula is C16H25BrClN3O3. The van der Waals surface area contributed by atoms with Gasteiger partial charge in [0.15, 0.2) is 0 Å². The Kier molecular flexibility index (Phi) is 11.7. The maximum absolute atomic E-state index is 12.1. The van der Waals surface area contributed by atoms with E-state index in [-0.39, 0.29) is 49.7 Å². The molecule has 0 bridgehead atoms. The lowest BCUT2D eigenvalue weighted by Crippen LogP contribution is -2.35. The van der Waals surface area contributed by atoms with Crippen LogP contribution < -0.4 is 11.1 Å². The average molecular weight is 423 g/mol. The average Bonchev–Trinajstić information content (AvgIpc) is 2.54. The Bertz CT molecular complexity index is 527. The number of benzene rings is 1. The molecule has 0 aliphatic heterocycles. The summed E-state index contributed by atoms with van der Waals surface area (Å²) in [7, 11) is 3.27. The molecule has 1 atom stereocenters. The lowest BCUT2D eigenvalue weighted by atomic mass is 10.2. The van der Waals surface area contributed by atoms with Gasteiger partial charge in [-0.3, -0.25) is 9.59 Å². The molecule has 8 heteroatoms. The molecule has 1 aromatic carbocycles. The van der Waals surface area contributed by atoms with Crippen molar-refractivity contribution >= 4 is 40.2 Å². The van der Waals surface area contributed by atoms with Crippen LogP contribution in [-0.2, 0) is 20.9 Å². The zero-order chi connectivity index (χ0) is 17.2. The molecular weight excluding hydrogens is 398 g/mol. The van der Waals surface area contributed by atoms with E-state index in [1.54, 1.807) is 11.9 Å². The maximum atomic E-state index is 12.1. The molecule has 2 amide bonds. The van der Waals surface area contributed by atoms with Gasteiger partial charge in [0.1, 0.15) is 0 Å². The Morgan fingerprint density at radius 1 is 1.38 bits per heavy atom. The zero-order valence-corrected chi connectivity index (χ0v) is 16.4. The van der Waals surface area contributed by atoms with Crippen molar-refractivity contribution in [3.8, 4) is 0 Å². The number of hydrogen-bond acceptors (Lipinski definition) is 4. The van der Waals surface area contributed by atoms with Crippen LogP contribution in [0.2, 0.25) is 0 Å². The molecule has 1 aromatic rings. The molecule has 0 heterocycles. The van der Waals surface area contributed by atoms with Gasteiger partial charge in [-0.15, -0.1) is 12.4 Å². The van der Waals surface area contributed by atoms with Crippen LogP contribution in [0.5, 0.6) is 0 Å². The van der Waals surface area contributed by atoms with E-state index in [2.05, 4.69) is 21.2 Å². The van der Waals surface area contributed by atoms with Gasteiger partial charge in [0.05, 0.1) is 12.5 Å². The molecule has 136 valence electrons. The van der Waals surface area contributed by atoms with Crippen molar-refractivity contribution in [1.82, 2.24) is 10.2 Å². The van der Waals surface area contributed by atoms with Crippen molar-refractivity contribution in [2.24, 2.45) is 5.73 Å². The third-order valence-electron chi connectivity index (χ3n) is 3.46. The van der Waals surface area contributed by atoms with E-state index in [0.29, 0.717) is 13.1 Å². The summed E-state index contributed by atoms with van der Waals surface area (Å²) in [6, 6.07) is 7.77. The molecule has 0 radical (unpaired) electrons. The van der Waals surface area contributed by atoms with Crippen molar-refractivity contribution in [2.75, 3.05) is 27.2 Å². The quantitative estimate of drug-likeness (QED) is 0.634. The minimum absolute atomic E-state index is 0. The Morgan fingerprint density at radius 3 is 2.62 bits per heavy atom. The van der Waals surface area contributed by atoms with Gasteiger partial charge in [-0.05, 0) is 11.6 Å². The number of nitrogens with one attached hydrogen (secondary N) is 1. The van der Waals surface area contributed by atoms with Gasteiger partial charge in [0.2, 0.25) is 11.8 Å². The maximum Gasteiger partial charge on any atom is 0.224 e. The standard InChI is InChI=1S/C16H24BrN3O3.ClH/c1-20(11-12-5-3-4-6-14(12)17)16(22)7-8-19-15(21)9-13(10-18)23-2;/h3-6,13H,7-11,18H2,1-2H3,(H,19,21);1H. The van der Waals surface area contributed by atoms with Crippen LogP contribution >= 0.6 is 28.3 Å². The second-order valence-electron chi connectivity index (χ2n) is 5.24. The molecule has 3 N–H and O–H groups in total. The molecule has 1 rings (SSSR count). The van der Waals surface area contributed by atoms with Crippen LogP contribution in [-0.4, -0.2) is 50.1 Å². The van der Waals surface area contributed by atoms with Crippen molar-refractivity contribution < 1.29 is 14.3 Å². The van der Waals surface area contributed by atoms with Gasteiger partial charge >= 0.3 is 0 Å². The highest BCUT2D eigenvalue weighted by atomic mass is 79.9. The monoisotopic (exact) mass is 421 g/mol. The van der Waals surface area contributed by atoms with Gasteiger partial charge in [-0.2, -0.15) is 0 Å². The Hall–Kier alpha value is -1.15. The minimum atomic E-state index is -0.288. The molecule has 0 fully saturated rings. The number of amides is 2. The minimum Gasteiger partial charge on any atom is -0.380 e. The number of rotatable bonds is 9. The van der Waals surface area contributed by atoms with E-state index in [1.165, 1.54) is 7.11 Å². The molecule has 6 nitrogen and oxygen atoms in total. The second-order valence-corrected chi connectivity index (χ2v) is 6.09. The summed E-state index contributed by atoms with van der Waals surface area (Å²) in [5.74, 6) is -0.188. The molecule has 0 aliphatic carbocycles. The van der Waals surface area contributed by atoms with E-state index in [1.807, 2.05) is 24.3 Å². The van der Waals surface area contributed by atoms with E-state index < -0.39 is 0 Å². The molecule has 0 spiro atoms. The van der Waals surface area contributed by atoms with Crippen molar-refractivity contribution in [3.05, 3.63) is 34.3 Å². The summed E-state index contributed by atoms with van der Waals surface area (Å²) in [5.41, 5.74) is 6.50. The number of hydrogen-bond donors (Lipinski definition) is 2. The molecule has 0 saturated carbocycles. The number of nitrogens with two attached hydrogens (primary N) is 1. The third kappa shape index (κ3) is 8.10.